The summed E-state index contributed by atoms with van der Waals surface area (Å²) in [6, 6.07) is 2.55. The van der Waals surface area contributed by atoms with E-state index in [1.165, 1.54) is 32.1 Å². The van der Waals surface area contributed by atoms with E-state index in [-0.39, 0.29) is 0 Å². The SMILES string of the molecule is CSc1nc(N)cc(N(CCC(C)C)C2CCCC2)n1. The smallest absolute Gasteiger partial charge is 0.191 e. The van der Waals surface area contributed by atoms with E-state index < -0.39 is 0 Å². The summed E-state index contributed by atoms with van der Waals surface area (Å²) >= 11 is 1.55. The quantitative estimate of drug-likeness (QED) is 0.642. The average Bonchev–Trinajstić information content (AvgIpc) is 2.92. The molecule has 2 rings (SSSR count). The molecule has 5 heteroatoms. The molecule has 1 aromatic rings. The molecule has 1 aliphatic rings. The molecule has 2 N–H and O–H groups in total. The standard InChI is InChI=1S/C15H26N4S/c1-11(2)8-9-19(12-6-4-5-7-12)14-10-13(16)17-15(18-14)20-3/h10-12H,4-9H2,1-3H3,(H2,16,17,18). The third-order valence-corrected chi connectivity index (χ3v) is 4.45. The molecule has 112 valence electrons. The number of anilines is 2. The molecule has 0 bridgehead atoms. The predicted molar refractivity (Wildman–Crippen MR) is 87.3 cm³/mol. The Morgan fingerprint density at radius 3 is 2.65 bits per heavy atom. The highest BCUT2D eigenvalue weighted by atomic mass is 32.2. The van der Waals surface area contributed by atoms with E-state index in [2.05, 4.69) is 28.7 Å². The van der Waals surface area contributed by atoms with E-state index in [1.807, 2.05) is 12.3 Å². The van der Waals surface area contributed by atoms with Gasteiger partial charge in [-0.25, -0.2) is 9.97 Å². The minimum atomic E-state index is 0.576. The fourth-order valence-electron chi connectivity index (χ4n) is 2.77. The molecule has 1 aliphatic carbocycles. The normalized spacial score (nSPS) is 16.0. The zero-order valence-electron chi connectivity index (χ0n) is 12.8. The molecule has 1 fully saturated rings. The molecule has 0 aliphatic heterocycles. The van der Waals surface area contributed by atoms with E-state index in [0.717, 1.165) is 17.5 Å². The summed E-state index contributed by atoms with van der Waals surface area (Å²) in [6.07, 6.45) is 8.40. The fraction of sp³-hybridized carbons (Fsp3) is 0.733. The topological polar surface area (TPSA) is 55.0 Å². The van der Waals surface area contributed by atoms with Gasteiger partial charge in [0.15, 0.2) is 5.16 Å². The van der Waals surface area contributed by atoms with Gasteiger partial charge in [-0.3, -0.25) is 0 Å². The summed E-state index contributed by atoms with van der Waals surface area (Å²) in [6.45, 7) is 5.61. The van der Waals surface area contributed by atoms with Gasteiger partial charge in [0.25, 0.3) is 0 Å². The Hall–Kier alpha value is -0.970. The van der Waals surface area contributed by atoms with Crippen molar-refractivity contribution in [3.8, 4) is 0 Å². The van der Waals surface area contributed by atoms with Crippen LogP contribution >= 0.6 is 11.8 Å². The Balaban J connectivity index is 2.22. The Bertz CT molecular complexity index is 430. The largest absolute Gasteiger partial charge is 0.383 e. The van der Waals surface area contributed by atoms with Gasteiger partial charge in [0.2, 0.25) is 0 Å². The number of nitrogens with two attached hydrogens (primary N) is 1. The summed E-state index contributed by atoms with van der Waals surface area (Å²) in [5.74, 6) is 2.29. The van der Waals surface area contributed by atoms with Crippen molar-refractivity contribution in [2.75, 3.05) is 23.4 Å². The first-order valence-corrected chi connectivity index (χ1v) is 8.78. The van der Waals surface area contributed by atoms with Gasteiger partial charge in [-0.1, -0.05) is 38.5 Å². The van der Waals surface area contributed by atoms with Crippen molar-refractivity contribution in [2.24, 2.45) is 5.92 Å². The van der Waals surface area contributed by atoms with Crippen LogP contribution in [0.2, 0.25) is 0 Å². The predicted octanol–water partition coefficient (Wildman–Crippen LogP) is 3.58. The summed E-state index contributed by atoms with van der Waals surface area (Å²) in [7, 11) is 0. The first-order valence-electron chi connectivity index (χ1n) is 7.55. The van der Waals surface area contributed by atoms with Crippen LogP contribution in [0.15, 0.2) is 11.2 Å². The van der Waals surface area contributed by atoms with E-state index in [4.69, 9.17) is 5.73 Å². The number of nitrogens with zero attached hydrogens (tertiary/aromatic N) is 3. The lowest BCUT2D eigenvalue weighted by Gasteiger charge is -2.31. The molecule has 1 heterocycles. The molecular weight excluding hydrogens is 268 g/mol. The van der Waals surface area contributed by atoms with E-state index >= 15 is 0 Å². The molecule has 0 radical (unpaired) electrons. The van der Waals surface area contributed by atoms with Crippen molar-refractivity contribution in [1.29, 1.82) is 0 Å². The van der Waals surface area contributed by atoms with Crippen molar-refractivity contribution >= 4 is 23.4 Å². The summed E-state index contributed by atoms with van der Waals surface area (Å²) in [5.41, 5.74) is 5.94. The van der Waals surface area contributed by atoms with Crippen molar-refractivity contribution < 1.29 is 0 Å². The van der Waals surface area contributed by atoms with Gasteiger partial charge in [0.1, 0.15) is 11.6 Å². The minimum Gasteiger partial charge on any atom is -0.383 e. The highest BCUT2D eigenvalue weighted by Gasteiger charge is 2.24. The van der Waals surface area contributed by atoms with Crippen LogP contribution in [0.5, 0.6) is 0 Å². The minimum absolute atomic E-state index is 0.576. The Kier molecular flexibility index (Phi) is 5.52. The number of rotatable bonds is 6. The zero-order valence-corrected chi connectivity index (χ0v) is 13.6. The molecule has 1 saturated carbocycles. The van der Waals surface area contributed by atoms with Crippen LogP contribution in [-0.2, 0) is 0 Å². The van der Waals surface area contributed by atoms with Crippen LogP contribution in [0.4, 0.5) is 11.6 Å². The molecule has 0 amide bonds. The third kappa shape index (κ3) is 4.01. The molecule has 20 heavy (non-hydrogen) atoms. The van der Waals surface area contributed by atoms with Crippen LogP contribution in [-0.4, -0.2) is 28.8 Å². The molecule has 0 saturated heterocycles. The molecule has 1 aromatic heterocycles. The van der Waals surface area contributed by atoms with Crippen LogP contribution in [0, 0.1) is 5.92 Å². The van der Waals surface area contributed by atoms with Crippen LogP contribution in [0.25, 0.3) is 0 Å². The van der Waals surface area contributed by atoms with E-state index in [9.17, 15) is 0 Å². The molecule has 0 unspecified atom stereocenters. The van der Waals surface area contributed by atoms with Gasteiger partial charge in [0, 0.05) is 18.7 Å². The summed E-state index contributed by atoms with van der Waals surface area (Å²) in [5, 5.41) is 0.771. The average molecular weight is 294 g/mol. The lowest BCUT2D eigenvalue weighted by molar-refractivity contribution is 0.523. The number of hydrogen-bond donors (Lipinski definition) is 1. The Labute approximate surface area is 126 Å². The maximum absolute atomic E-state index is 5.94. The van der Waals surface area contributed by atoms with Gasteiger partial charge in [-0.05, 0) is 31.4 Å². The summed E-state index contributed by atoms with van der Waals surface area (Å²) in [4.78, 5) is 11.4. The molecule has 0 spiro atoms. The lowest BCUT2D eigenvalue weighted by atomic mass is 10.1. The van der Waals surface area contributed by atoms with Crippen molar-refractivity contribution in [1.82, 2.24) is 9.97 Å². The fourth-order valence-corrected chi connectivity index (χ4v) is 3.15. The number of nitrogen functional groups attached to an aromatic ring is 1. The zero-order chi connectivity index (χ0) is 14.5. The monoisotopic (exact) mass is 294 g/mol. The first kappa shape index (κ1) is 15.4. The number of thioether (sulfide) groups is 1. The maximum atomic E-state index is 5.94. The van der Waals surface area contributed by atoms with Crippen LogP contribution in [0.1, 0.15) is 46.0 Å². The molecule has 0 aromatic carbocycles. The molecule has 0 atom stereocenters. The number of hydrogen-bond acceptors (Lipinski definition) is 5. The third-order valence-electron chi connectivity index (χ3n) is 3.90. The second-order valence-corrected chi connectivity index (χ2v) is 6.73. The molecular formula is C15H26N4S. The Morgan fingerprint density at radius 2 is 2.05 bits per heavy atom. The maximum Gasteiger partial charge on any atom is 0.191 e. The van der Waals surface area contributed by atoms with Crippen molar-refractivity contribution in [3.63, 3.8) is 0 Å². The van der Waals surface area contributed by atoms with Crippen molar-refractivity contribution in [3.05, 3.63) is 6.07 Å². The van der Waals surface area contributed by atoms with Gasteiger partial charge >= 0.3 is 0 Å². The van der Waals surface area contributed by atoms with Gasteiger partial charge in [-0.15, -0.1) is 0 Å². The van der Waals surface area contributed by atoms with Gasteiger partial charge in [-0.2, -0.15) is 0 Å². The summed E-state index contributed by atoms with van der Waals surface area (Å²) < 4.78 is 0. The van der Waals surface area contributed by atoms with Crippen molar-refractivity contribution in [2.45, 2.75) is 57.1 Å². The second-order valence-electron chi connectivity index (χ2n) is 5.95. The number of aromatic nitrogens is 2. The second kappa shape index (κ2) is 7.16. The van der Waals surface area contributed by atoms with E-state index in [1.54, 1.807) is 11.8 Å². The van der Waals surface area contributed by atoms with E-state index in [0.29, 0.717) is 17.8 Å². The van der Waals surface area contributed by atoms with Crippen LogP contribution in [0.3, 0.4) is 0 Å². The van der Waals surface area contributed by atoms with Gasteiger partial charge in [0.05, 0.1) is 0 Å². The molecule has 4 nitrogen and oxygen atoms in total. The first-order chi connectivity index (χ1) is 9.60. The van der Waals surface area contributed by atoms with Crippen LogP contribution < -0.4 is 10.6 Å². The lowest BCUT2D eigenvalue weighted by Crippen LogP contribution is -2.35. The Morgan fingerprint density at radius 1 is 1.35 bits per heavy atom. The highest BCUT2D eigenvalue weighted by Crippen LogP contribution is 2.29. The van der Waals surface area contributed by atoms with Gasteiger partial charge < -0.3 is 10.6 Å². The highest BCUT2D eigenvalue weighted by molar-refractivity contribution is 7.98.